The van der Waals surface area contributed by atoms with Gasteiger partial charge in [-0.05, 0) is 24.6 Å². The van der Waals surface area contributed by atoms with Gasteiger partial charge in [0.05, 0.1) is 17.2 Å². The first kappa shape index (κ1) is 19.8. The molecule has 1 aromatic carbocycles. The van der Waals surface area contributed by atoms with Crippen molar-refractivity contribution < 1.29 is 22.7 Å². The molecule has 0 saturated carbocycles. The predicted octanol–water partition coefficient (Wildman–Crippen LogP) is 0.861. The summed E-state index contributed by atoms with van der Waals surface area (Å²) in [6, 6.07) is 3.40. The molecule has 9 heteroatoms. The molecule has 1 fully saturated rings. The zero-order valence-electron chi connectivity index (χ0n) is 14.4. The quantitative estimate of drug-likeness (QED) is 0.772. The number of amides is 1. The Morgan fingerprint density at radius 2 is 1.96 bits per heavy atom. The third-order valence-corrected chi connectivity index (χ3v) is 6.25. The molecule has 2 N–H and O–H groups in total. The molecule has 1 heterocycles. The van der Waals surface area contributed by atoms with Crippen LogP contribution in [0.4, 0.5) is 10.1 Å². The fraction of sp³-hybridized carbons (Fsp3) is 0.562. The third kappa shape index (κ3) is 4.55. The lowest BCUT2D eigenvalue weighted by Crippen LogP contribution is -2.52. The topological polar surface area (TPSA) is 89.9 Å². The van der Waals surface area contributed by atoms with E-state index in [4.69, 9.17) is 0 Å². The Bertz CT molecular complexity index is 714. The van der Waals surface area contributed by atoms with Crippen molar-refractivity contribution in [1.82, 2.24) is 9.21 Å². The molecule has 2 rings (SSSR count). The van der Waals surface area contributed by atoms with Gasteiger partial charge in [-0.25, -0.2) is 12.8 Å². The molecule has 0 bridgehead atoms. The molecule has 25 heavy (non-hydrogen) atoms. The van der Waals surface area contributed by atoms with Gasteiger partial charge in [0.15, 0.2) is 0 Å². The summed E-state index contributed by atoms with van der Waals surface area (Å²) in [6.45, 7) is 4.89. The molecule has 0 spiro atoms. The molecular weight excluding hydrogens is 349 g/mol. The average molecular weight is 373 g/mol. The van der Waals surface area contributed by atoms with Crippen LogP contribution in [0.15, 0.2) is 23.1 Å². The number of carbonyl (C=O) groups excluding carboxylic acids is 1. The number of hydrogen-bond donors (Lipinski definition) is 2. The molecule has 0 radical (unpaired) electrons. The lowest BCUT2D eigenvalue weighted by molar-refractivity contribution is -0.114. The Morgan fingerprint density at radius 3 is 2.48 bits per heavy atom. The zero-order valence-corrected chi connectivity index (χ0v) is 15.2. The van der Waals surface area contributed by atoms with Crippen LogP contribution in [-0.2, 0) is 14.8 Å². The number of piperazine rings is 1. The van der Waals surface area contributed by atoms with Crippen molar-refractivity contribution in [2.75, 3.05) is 38.1 Å². The lowest BCUT2D eigenvalue weighted by Gasteiger charge is -2.37. The van der Waals surface area contributed by atoms with Gasteiger partial charge in [-0.2, -0.15) is 4.31 Å². The highest BCUT2D eigenvalue weighted by Crippen LogP contribution is 2.24. The summed E-state index contributed by atoms with van der Waals surface area (Å²) in [5, 5.41) is 11.7. The summed E-state index contributed by atoms with van der Waals surface area (Å²) < 4.78 is 40.6. The number of carbonyl (C=O) groups is 1. The molecule has 1 atom stereocenters. The molecule has 1 aliphatic rings. The molecule has 1 aromatic rings. The molecule has 0 unspecified atom stereocenters. The summed E-state index contributed by atoms with van der Waals surface area (Å²) in [5.41, 5.74) is -0.154. The number of aliphatic hydroxyl groups is 1. The van der Waals surface area contributed by atoms with Crippen LogP contribution >= 0.6 is 0 Å². The van der Waals surface area contributed by atoms with Crippen LogP contribution in [0, 0.1) is 5.82 Å². The summed E-state index contributed by atoms with van der Waals surface area (Å²) >= 11 is 0. The van der Waals surface area contributed by atoms with Crippen LogP contribution in [0.5, 0.6) is 0 Å². The van der Waals surface area contributed by atoms with Crippen molar-refractivity contribution in [1.29, 1.82) is 0 Å². The fourth-order valence-corrected chi connectivity index (χ4v) is 4.36. The number of anilines is 1. The Kier molecular flexibility index (Phi) is 6.50. The van der Waals surface area contributed by atoms with E-state index in [1.54, 1.807) is 0 Å². The van der Waals surface area contributed by atoms with Crippen molar-refractivity contribution in [3.63, 3.8) is 0 Å². The van der Waals surface area contributed by atoms with E-state index in [2.05, 4.69) is 10.2 Å². The zero-order chi connectivity index (χ0) is 18.6. The SMILES string of the molecule is CC[C@@H](CO)N1CCN(S(=O)(=O)c2ccc(F)c(NC(C)=O)c2)CC1. The number of nitrogens with one attached hydrogen (secondary N) is 1. The van der Waals surface area contributed by atoms with Crippen molar-refractivity contribution in [3.8, 4) is 0 Å². The lowest BCUT2D eigenvalue weighted by atomic mass is 10.2. The second-order valence-electron chi connectivity index (χ2n) is 6.01. The summed E-state index contributed by atoms with van der Waals surface area (Å²) in [4.78, 5) is 13.1. The number of halogens is 1. The van der Waals surface area contributed by atoms with Gasteiger partial charge in [0.2, 0.25) is 15.9 Å². The smallest absolute Gasteiger partial charge is 0.243 e. The van der Waals surface area contributed by atoms with Crippen LogP contribution in [-0.4, -0.2) is 67.5 Å². The number of hydrogen-bond acceptors (Lipinski definition) is 5. The summed E-state index contributed by atoms with van der Waals surface area (Å²) in [5.74, 6) is -1.16. The maximum atomic E-state index is 13.7. The third-order valence-electron chi connectivity index (χ3n) is 4.36. The van der Waals surface area contributed by atoms with E-state index in [0.717, 1.165) is 18.6 Å². The second-order valence-corrected chi connectivity index (χ2v) is 7.95. The van der Waals surface area contributed by atoms with Gasteiger partial charge in [-0.3, -0.25) is 9.69 Å². The molecule has 7 nitrogen and oxygen atoms in total. The van der Waals surface area contributed by atoms with Crippen LogP contribution in [0.25, 0.3) is 0 Å². The second kappa shape index (κ2) is 8.22. The molecule has 1 saturated heterocycles. The highest BCUT2D eigenvalue weighted by Gasteiger charge is 2.30. The van der Waals surface area contributed by atoms with Gasteiger partial charge < -0.3 is 10.4 Å². The van der Waals surface area contributed by atoms with Gasteiger partial charge in [0.25, 0.3) is 0 Å². The Balaban J connectivity index is 2.16. The summed E-state index contributed by atoms with van der Waals surface area (Å²) in [6.07, 6.45) is 0.793. The van der Waals surface area contributed by atoms with Gasteiger partial charge in [-0.15, -0.1) is 0 Å². The van der Waals surface area contributed by atoms with E-state index >= 15 is 0 Å². The average Bonchev–Trinajstić information content (AvgIpc) is 2.58. The van der Waals surface area contributed by atoms with E-state index in [1.165, 1.54) is 17.3 Å². The van der Waals surface area contributed by atoms with E-state index in [9.17, 15) is 22.7 Å². The normalized spacial score (nSPS) is 18.1. The van der Waals surface area contributed by atoms with Crippen molar-refractivity contribution in [3.05, 3.63) is 24.0 Å². The van der Waals surface area contributed by atoms with Gasteiger partial charge in [0, 0.05) is 39.1 Å². The molecule has 140 valence electrons. The maximum absolute atomic E-state index is 13.7. The van der Waals surface area contributed by atoms with Crippen LogP contribution in [0.1, 0.15) is 20.3 Å². The molecule has 1 aliphatic heterocycles. The van der Waals surface area contributed by atoms with E-state index in [1.807, 2.05) is 6.92 Å². The maximum Gasteiger partial charge on any atom is 0.243 e. The van der Waals surface area contributed by atoms with Crippen LogP contribution in [0.3, 0.4) is 0 Å². The first-order valence-electron chi connectivity index (χ1n) is 8.21. The number of rotatable bonds is 6. The Labute approximate surface area is 147 Å². The molecule has 1 amide bonds. The molecular formula is C16H24FN3O4S. The van der Waals surface area contributed by atoms with E-state index in [-0.39, 0.29) is 23.2 Å². The molecule has 0 aliphatic carbocycles. The highest BCUT2D eigenvalue weighted by molar-refractivity contribution is 7.89. The van der Waals surface area contributed by atoms with Crippen molar-refractivity contribution in [2.45, 2.75) is 31.2 Å². The number of nitrogens with zero attached hydrogens (tertiary/aromatic N) is 2. The largest absolute Gasteiger partial charge is 0.395 e. The number of aliphatic hydroxyl groups excluding tert-OH is 1. The predicted molar refractivity (Wildman–Crippen MR) is 92.2 cm³/mol. The van der Waals surface area contributed by atoms with Crippen LogP contribution < -0.4 is 5.32 Å². The minimum Gasteiger partial charge on any atom is -0.395 e. The Morgan fingerprint density at radius 1 is 1.32 bits per heavy atom. The minimum atomic E-state index is -3.77. The van der Waals surface area contributed by atoms with E-state index in [0.29, 0.717) is 26.2 Å². The first-order chi connectivity index (χ1) is 11.8. The monoisotopic (exact) mass is 373 g/mol. The van der Waals surface area contributed by atoms with Gasteiger partial charge >= 0.3 is 0 Å². The van der Waals surface area contributed by atoms with E-state index < -0.39 is 21.7 Å². The van der Waals surface area contributed by atoms with Gasteiger partial charge in [-0.1, -0.05) is 6.92 Å². The van der Waals surface area contributed by atoms with Crippen molar-refractivity contribution in [2.24, 2.45) is 0 Å². The standard InChI is InChI=1S/C16H24FN3O4S/c1-3-13(11-21)19-6-8-20(9-7-19)25(23,24)14-4-5-15(17)16(10-14)18-12(2)22/h4-5,10,13,21H,3,6-9,11H2,1-2H3,(H,18,22)/t13-/m0/s1. The van der Waals surface area contributed by atoms with Crippen LogP contribution in [0.2, 0.25) is 0 Å². The highest BCUT2D eigenvalue weighted by atomic mass is 32.2. The first-order valence-corrected chi connectivity index (χ1v) is 9.65. The number of sulfonamides is 1. The Hall–Kier alpha value is -1.55. The fourth-order valence-electron chi connectivity index (χ4n) is 2.91. The summed E-state index contributed by atoms with van der Waals surface area (Å²) in [7, 11) is -3.77. The van der Waals surface area contributed by atoms with Gasteiger partial charge in [0.1, 0.15) is 5.82 Å². The minimum absolute atomic E-state index is 0.0297. The molecule has 0 aromatic heterocycles. The van der Waals surface area contributed by atoms with Crippen molar-refractivity contribution >= 4 is 21.6 Å². The number of benzene rings is 1.